The molecule has 1 aromatic carbocycles. The van der Waals surface area contributed by atoms with Crippen LogP contribution in [-0.2, 0) is 4.79 Å². The van der Waals surface area contributed by atoms with Crippen molar-refractivity contribution in [2.45, 2.75) is 39.2 Å². The van der Waals surface area contributed by atoms with Crippen LogP contribution in [-0.4, -0.2) is 27.9 Å². The fourth-order valence-electron chi connectivity index (χ4n) is 2.74. The summed E-state index contributed by atoms with van der Waals surface area (Å²) < 4.78 is 0. The van der Waals surface area contributed by atoms with Crippen LogP contribution in [0, 0.1) is 5.92 Å². The summed E-state index contributed by atoms with van der Waals surface area (Å²) in [5, 5.41) is 8.88. The molecule has 0 saturated heterocycles. The molecule has 0 saturated carbocycles. The number of hydrogen-bond acceptors (Lipinski definition) is 2. The lowest BCUT2D eigenvalue weighted by molar-refractivity contribution is -0.141. The van der Waals surface area contributed by atoms with E-state index in [1.807, 2.05) is 31.2 Å². The summed E-state index contributed by atoms with van der Waals surface area (Å²) in [7, 11) is 0. The minimum absolute atomic E-state index is 0.00520. The number of carbonyl (C=O) groups is 2. The van der Waals surface area contributed by atoms with E-state index in [2.05, 4.69) is 6.58 Å². The van der Waals surface area contributed by atoms with Crippen LogP contribution in [0.15, 0.2) is 30.8 Å². The van der Waals surface area contributed by atoms with Crippen molar-refractivity contribution in [2.24, 2.45) is 5.92 Å². The van der Waals surface area contributed by atoms with Gasteiger partial charge in [0.25, 0.3) is 5.91 Å². The van der Waals surface area contributed by atoms with Crippen LogP contribution in [0.2, 0.25) is 0 Å². The van der Waals surface area contributed by atoms with Gasteiger partial charge in [0.1, 0.15) is 0 Å². The maximum Gasteiger partial charge on any atom is 0.306 e. The molecule has 1 aliphatic heterocycles. The van der Waals surface area contributed by atoms with Crippen LogP contribution in [0.4, 0.5) is 0 Å². The molecule has 1 N–H and O–H groups in total. The lowest BCUT2D eigenvalue weighted by atomic mass is 10.0. The molecule has 4 heteroatoms. The van der Waals surface area contributed by atoms with E-state index in [0.717, 1.165) is 24.1 Å². The van der Waals surface area contributed by atoms with Gasteiger partial charge in [-0.15, -0.1) is 0 Å². The zero-order chi connectivity index (χ0) is 15.6. The van der Waals surface area contributed by atoms with Crippen LogP contribution in [0.3, 0.4) is 0 Å². The topological polar surface area (TPSA) is 57.6 Å². The summed E-state index contributed by atoms with van der Waals surface area (Å²) in [6, 6.07) is 7.52. The average Bonchev–Trinajstić information content (AvgIpc) is 2.71. The smallest absolute Gasteiger partial charge is 0.306 e. The fourth-order valence-corrected chi connectivity index (χ4v) is 2.74. The van der Waals surface area contributed by atoms with Gasteiger partial charge >= 0.3 is 5.97 Å². The van der Waals surface area contributed by atoms with Gasteiger partial charge in [0.15, 0.2) is 0 Å². The van der Waals surface area contributed by atoms with E-state index in [1.54, 1.807) is 11.8 Å². The molecule has 1 aliphatic rings. The fraction of sp³-hybridized carbons (Fsp3) is 0.412. The van der Waals surface area contributed by atoms with Gasteiger partial charge < -0.3 is 10.0 Å². The molecule has 4 nitrogen and oxygen atoms in total. The number of nitrogens with zero attached hydrogens (tertiary/aromatic N) is 1. The first kappa shape index (κ1) is 15.3. The van der Waals surface area contributed by atoms with Gasteiger partial charge in [0.05, 0.1) is 5.92 Å². The highest BCUT2D eigenvalue weighted by Crippen LogP contribution is 2.34. The van der Waals surface area contributed by atoms with Gasteiger partial charge in [-0.1, -0.05) is 38.1 Å². The predicted octanol–water partition coefficient (Wildman–Crippen LogP) is 3.39. The molecule has 2 rings (SSSR count). The van der Waals surface area contributed by atoms with Crippen molar-refractivity contribution in [3.8, 4) is 0 Å². The molecule has 21 heavy (non-hydrogen) atoms. The number of benzene rings is 1. The molecule has 2 atom stereocenters. The first-order valence-electron chi connectivity index (χ1n) is 7.28. The molecule has 1 heterocycles. The van der Waals surface area contributed by atoms with Crippen molar-refractivity contribution in [1.82, 2.24) is 4.90 Å². The molecule has 0 fully saturated rings. The Morgan fingerprint density at radius 2 is 1.86 bits per heavy atom. The standard InChI is InChI=1S/C17H21NO3/c1-11(17(20)21)7-6-8-12(2)18-13(3)14-9-4-5-10-15(14)16(18)19/h4-5,9-12H,3,6-8H2,1-2H3,(H,20,21). The van der Waals surface area contributed by atoms with Crippen molar-refractivity contribution in [3.63, 3.8) is 0 Å². The van der Waals surface area contributed by atoms with Crippen molar-refractivity contribution >= 4 is 17.6 Å². The molecule has 0 bridgehead atoms. The highest BCUT2D eigenvalue weighted by molar-refractivity contribution is 6.09. The first-order valence-corrected chi connectivity index (χ1v) is 7.28. The minimum atomic E-state index is -0.767. The third kappa shape index (κ3) is 2.99. The Morgan fingerprint density at radius 3 is 2.43 bits per heavy atom. The van der Waals surface area contributed by atoms with Crippen molar-refractivity contribution in [1.29, 1.82) is 0 Å². The summed E-state index contributed by atoms with van der Waals surface area (Å²) in [4.78, 5) is 25.0. The largest absolute Gasteiger partial charge is 0.481 e. The summed E-state index contributed by atoms with van der Waals surface area (Å²) in [6.45, 7) is 7.73. The van der Waals surface area contributed by atoms with Crippen molar-refractivity contribution in [2.75, 3.05) is 0 Å². The maximum absolute atomic E-state index is 12.4. The molecule has 0 radical (unpaired) electrons. The summed E-state index contributed by atoms with van der Waals surface area (Å²) >= 11 is 0. The molecule has 1 amide bonds. The van der Waals surface area contributed by atoms with Crippen molar-refractivity contribution < 1.29 is 14.7 Å². The predicted molar refractivity (Wildman–Crippen MR) is 81.8 cm³/mol. The Kier molecular flexibility index (Phi) is 4.46. The number of carboxylic acid groups (broad SMARTS) is 1. The number of carboxylic acids is 1. The van der Waals surface area contributed by atoms with Gasteiger partial charge in [-0.05, 0) is 25.8 Å². The second-order valence-corrected chi connectivity index (χ2v) is 5.69. The number of aliphatic carboxylic acids is 1. The van der Waals surface area contributed by atoms with Gasteiger partial charge in [0, 0.05) is 22.9 Å². The Hall–Kier alpha value is -2.10. The number of fused-ring (bicyclic) bond motifs is 1. The Balaban J connectivity index is 1.98. The highest BCUT2D eigenvalue weighted by atomic mass is 16.4. The van der Waals surface area contributed by atoms with Gasteiger partial charge in [-0.2, -0.15) is 0 Å². The van der Waals surface area contributed by atoms with Crippen LogP contribution in [0.5, 0.6) is 0 Å². The van der Waals surface area contributed by atoms with Gasteiger partial charge in [-0.3, -0.25) is 9.59 Å². The summed E-state index contributed by atoms with van der Waals surface area (Å²) in [5.74, 6) is -1.11. The lowest BCUT2D eigenvalue weighted by Gasteiger charge is -2.25. The molecule has 112 valence electrons. The maximum atomic E-state index is 12.4. The van der Waals surface area contributed by atoms with E-state index in [0.29, 0.717) is 12.0 Å². The van der Waals surface area contributed by atoms with Crippen LogP contribution < -0.4 is 0 Å². The zero-order valence-electron chi connectivity index (χ0n) is 12.5. The zero-order valence-corrected chi connectivity index (χ0v) is 12.5. The number of amides is 1. The summed E-state index contributed by atoms with van der Waals surface area (Å²) in [6.07, 6.45) is 2.18. The van der Waals surface area contributed by atoms with E-state index < -0.39 is 5.97 Å². The first-order chi connectivity index (χ1) is 9.93. The molecule has 0 aliphatic carbocycles. The molecule has 0 aromatic heterocycles. The second-order valence-electron chi connectivity index (χ2n) is 5.69. The quantitative estimate of drug-likeness (QED) is 0.872. The van der Waals surface area contributed by atoms with E-state index in [4.69, 9.17) is 5.11 Å². The third-order valence-electron chi connectivity index (χ3n) is 4.10. The highest BCUT2D eigenvalue weighted by Gasteiger charge is 2.33. The normalized spacial score (nSPS) is 16.8. The monoisotopic (exact) mass is 287 g/mol. The third-order valence-corrected chi connectivity index (χ3v) is 4.10. The average molecular weight is 287 g/mol. The summed E-state index contributed by atoms with van der Waals surface area (Å²) in [5.41, 5.74) is 2.34. The van der Waals surface area contributed by atoms with E-state index in [1.165, 1.54) is 0 Å². The van der Waals surface area contributed by atoms with Crippen LogP contribution in [0.25, 0.3) is 5.70 Å². The lowest BCUT2D eigenvalue weighted by Crippen LogP contribution is -2.32. The van der Waals surface area contributed by atoms with Crippen molar-refractivity contribution in [3.05, 3.63) is 42.0 Å². The molecular formula is C17H21NO3. The molecular weight excluding hydrogens is 266 g/mol. The Morgan fingerprint density at radius 1 is 1.24 bits per heavy atom. The van der Waals surface area contributed by atoms with E-state index in [9.17, 15) is 9.59 Å². The molecule has 1 aromatic rings. The van der Waals surface area contributed by atoms with Crippen LogP contribution >= 0.6 is 0 Å². The SMILES string of the molecule is C=C1c2ccccc2C(=O)N1C(C)CCCC(C)C(=O)O. The molecule has 0 spiro atoms. The minimum Gasteiger partial charge on any atom is -0.481 e. The van der Waals surface area contributed by atoms with E-state index in [-0.39, 0.29) is 17.9 Å². The van der Waals surface area contributed by atoms with Gasteiger partial charge in [-0.25, -0.2) is 0 Å². The number of hydrogen-bond donors (Lipinski definition) is 1. The number of carbonyl (C=O) groups excluding carboxylic acids is 1. The Bertz CT molecular complexity index is 544. The number of rotatable bonds is 6. The Labute approximate surface area is 125 Å². The van der Waals surface area contributed by atoms with E-state index >= 15 is 0 Å². The van der Waals surface area contributed by atoms with Gasteiger partial charge in [0.2, 0.25) is 0 Å². The molecule has 2 unspecified atom stereocenters. The van der Waals surface area contributed by atoms with Crippen LogP contribution in [0.1, 0.15) is 49.0 Å². The second kappa shape index (κ2) is 6.12.